The minimum atomic E-state index is -0.784. The molecule has 1 rings (SSSR count). The van der Waals surface area contributed by atoms with Gasteiger partial charge in [0.05, 0.1) is 0 Å². The van der Waals surface area contributed by atoms with E-state index in [9.17, 15) is 10.1 Å². The second-order valence-corrected chi connectivity index (χ2v) is 2.58. The van der Waals surface area contributed by atoms with E-state index in [1.165, 1.54) is 13.0 Å². The molecule has 0 atom stereocenters. The van der Waals surface area contributed by atoms with E-state index >= 15 is 0 Å². The summed E-state index contributed by atoms with van der Waals surface area (Å²) in [6.07, 6.45) is 0. The summed E-state index contributed by atoms with van der Waals surface area (Å²) in [5, 5.41) is 19.4. The van der Waals surface area contributed by atoms with Crippen LogP contribution in [0.5, 0.6) is 5.75 Å². The Morgan fingerprint density at radius 2 is 2.33 bits per heavy atom. The fraction of sp³-hybridized carbons (Fsp3) is 0.167. The lowest BCUT2D eigenvalue weighted by atomic mass is 10.3. The first kappa shape index (κ1) is 8.73. The highest BCUT2D eigenvalue weighted by Gasteiger charge is 2.18. The molecule has 1 heterocycles. The van der Waals surface area contributed by atoms with Crippen LogP contribution < -0.4 is 0 Å². The van der Waals surface area contributed by atoms with Crippen molar-refractivity contribution < 1.29 is 10.0 Å². The van der Waals surface area contributed by atoms with Crippen molar-refractivity contribution in [1.82, 2.24) is 4.98 Å². The Hall–Kier alpha value is -1.36. The second-order valence-electron chi connectivity index (χ2n) is 2.19. The highest BCUT2D eigenvalue weighted by Crippen LogP contribution is 2.28. The maximum atomic E-state index is 10.3. The molecule has 0 aliphatic heterocycles. The highest BCUT2D eigenvalue weighted by atomic mass is 35.5. The molecule has 12 heavy (non-hydrogen) atoms. The Balaban J connectivity index is 3.37. The molecule has 0 radical (unpaired) electrons. The van der Waals surface area contributed by atoms with Crippen LogP contribution in [0.15, 0.2) is 6.07 Å². The second kappa shape index (κ2) is 2.94. The average Bonchev–Trinajstić information content (AvgIpc) is 1.96. The number of rotatable bonds is 1. The number of nitrogens with zero attached hydrogens (tertiary/aromatic N) is 2. The van der Waals surface area contributed by atoms with Gasteiger partial charge in [0, 0.05) is 11.6 Å². The van der Waals surface area contributed by atoms with Gasteiger partial charge in [-0.1, -0.05) is 0 Å². The largest absolute Gasteiger partial charge is 0.501 e. The van der Waals surface area contributed by atoms with Gasteiger partial charge in [0.25, 0.3) is 0 Å². The fourth-order valence-corrected chi connectivity index (χ4v) is 0.981. The minimum absolute atomic E-state index is 0.00278. The number of aromatic hydroxyl groups is 1. The Bertz CT molecular complexity index is 340. The van der Waals surface area contributed by atoms with Crippen molar-refractivity contribution in [3.05, 3.63) is 26.9 Å². The monoisotopic (exact) mass is 188 g/mol. The minimum Gasteiger partial charge on any atom is -0.501 e. The van der Waals surface area contributed by atoms with Crippen LogP contribution in [0.2, 0.25) is 5.15 Å². The summed E-state index contributed by atoms with van der Waals surface area (Å²) < 4.78 is 0. The lowest BCUT2D eigenvalue weighted by Gasteiger charge is -1.98. The molecule has 6 heteroatoms. The molecule has 0 amide bonds. The van der Waals surface area contributed by atoms with Crippen LogP contribution in [0.1, 0.15) is 5.56 Å². The molecular formula is C6H5ClN2O3. The van der Waals surface area contributed by atoms with Crippen LogP contribution in [0.25, 0.3) is 0 Å². The van der Waals surface area contributed by atoms with E-state index in [2.05, 4.69) is 4.98 Å². The molecule has 64 valence electrons. The first-order valence-electron chi connectivity index (χ1n) is 3.03. The van der Waals surface area contributed by atoms with Gasteiger partial charge in [0.2, 0.25) is 10.9 Å². The number of halogens is 1. The number of hydrogen-bond acceptors (Lipinski definition) is 4. The van der Waals surface area contributed by atoms with Crippen molar-refractivity contribution in [3.63, 3.8) is 0 Å². The first-order chi connectivity index (χ1) is 5.52. The third kappa shape index (κ3) is 1.45. The van der Waals surface area contributed by atoms with Gasteiger partial charge in [-0.3, -0.25) is 0 Å². The van der Waals surface area contributed by atoms with E-state index in [0.717, 1.165) is 0 Å². The average molecular weight is 189 g/mol. The van der Waals surface area contributed by atoms with Gasteiger partial charge in [-0.15, -0.1) is 0 Å². The summed E-state index contributed by atoms with van der Waals surface area (Å²) in [5.41, 5.74) is 0.335. The summed E-state index contributed by atoms with van der Waals surface area (Å²) in [4.78, 5) is 12.8. The van der Waals surface area contributed by atoms with Crippen molar-refractivity contribution in [3.8, 4) is 5.75 Å². The molecular weight excluding hydrogens is 184 g/mol. The predicted molar refractivity (Wildman–Crippen MR) is 42.3 cm³/mol. The summed E-state index contributed by atoms with van der Waals surface area (Å²) in [7, 11) is 0. The van der Waals surface area contributed by atoms with Crippen molar-refractivity contribution in [2.75, 3.05) is 0 Å². The summed E-state index contributed by atoms with van der Waals surface area (Å²) >= 11 is 5.44. The quantitative estimate of drug-likeness (QED) is 0.413. The first-order valence-corrected chi connectivity index (χ1v) is 3.40. The van der Waals surface area contributed by atoms with E-state index in [1.807, 2.05) is 0 Å². The zero-order chi connectivity index (χ0) is 9.30. The van der Waals surface area contributed by atoms with Crippen molar-refractivity contribution in [1.29, 1.82) is 0 Å². The molecule has 0 aliphatic carbocycles. The zero-order valence-corrected chi connectivity index (χ0v) is 6.87. The third-order valence-corrected chi connectivity index (χ3v) is 1.50. The molecule has 1 N–H and O–H groups in total. The number of pyridine rings is 1. The smallest absolute Gasteiger partial charge is 0.407 e. The van der Waals surface area contributed by atoms with Crippen LogP contribution in [-0.4, -0.2) is 15.0 Å². The van der Waals surface area contributed by atoms with Gasteiger partial charge < -0.3 is 15.2 Å². The molecule has 5 nitrogen and oxygen atoms in total. The zero-order valence-electron chi connectivity index (χ0n) is 6.11. The van der Waals surface area contributed by atoms with Gasteiger partial charge >= 0.3 is 5.82 Å². The van der Waals surface area contributed by atoms with E-state index < -0.39 is 16.5 Å². The molecule has 0 unspecified atom stereocenters. The molecule has 0 saturated heterocycles. The Kier molecular flexibility index (Phi) is 2.14. The lowest BCUT2D eigenvalue weighted by molar-refractivity contribution is -0.390. The summed E-state index contributed by atoms with van der Waals surface area (Å²) in [6, 6.07) is 1.35. The maximum Gasteiger partial charge on any atom is 0.407 e. The fourth-order valence-electron chi connectivity index (χ4n) is 0.737. The summed E-state index contributed by atoms with van der Waals surface area (Å²) in [6.45, 7) is 1.51. The van der Waals surface area contributed by atoms with Crippen LogP contribution in [0, 0.1) is 17.0 Å². The molecule has 1 aromatic rings. The molecule has 0 spiro atoms. The molecule has 1 aromatic heterocycles. The van der Waals surface area contributed by atoms with Crippen LogP contribution >= 0.6 is 11.6 Å². The van der Waals surface area contributed by atoms with Gasteiger partial charge in [-0.05, 0) is 28.4 Å². The maximum absolute atomic E-state index is 10.3. The standard InChI is InChI=1S/C6H5ClN2O3/c1-3-2-4(7)8-6(5(3)10)9(11)12/h2,10H,1H3. The van der Waals surface area contributed by atoms with Crippen molar-refractivity contribution >= 4 is 17.4 Å². The number of hydrogen-bond donors (Lipinski definition) is 1. The molecule has 0 fully saturated rings. The van der Waals surface area contributed by atoms with Gasteiger partial charge in [-0.25, -0.2) is 0 Å². The Morgan fingerprint density at radius 1 is 1.75 bits per heavy atom. The van der Waals surface area contributed by atoms with E-state index in [4.69, 9.17) is 16.7 Å². The molecule has 0 saturated carbocycles. The molecule has 0 bridgehead atoms. The van der Waals surface area contributed by atoms with Crippen molar-refractivity contribution in [2.24, 2.45) is 0 Å². The lowest BCUT2D eigenvalue weighted by Crippen LogP contribution is -1.94. The molecule has 0 aliphatic rings. The highest BCUT2D eigenvalue weighted by molar-refractivity contribution is 6.29. The van der Waals surface area contributed by atoms with Gasteiger partial charge in [-0.2, -0.15) is 0 Å². The van der Waals surface area contributed by atoms with Crippen molar-refractivity contribution in [2.45, 2.75) is 6.92 Å². The number of aromatic nitrogens is 1. The Labute approximate surface area is 72.8 Å². The van der Waals surface area contributed by atoms with E-state index in [-0.39, 0.29) is 5.15 Å². The normalized spacial score (nSPS) is 9.83. The van der Waals surface area contributed by atoms with Crippen LogP contribution in [0.4, 0.5) is 5.82 Å². The topological polar surface area (TPSA) is 76.3 Å². The number of aryl methyl sites for hydroxylation is 1. The SMILES string of the molecule is Cc1cc(Cl)nc([N+](=O)[O-])c1O. The summed E-state index contributed by atoms with van der Waals surface area (Å²) in [5.74, 6) is -1.05. The molecule has 0 aromatic carbocycles. The van der Waals surface area contributed by atoms with Crippen LogP contribution in [0.3, 0.4) is 0 Å². The van der Waals surface area contributed by atoms with E-state index in [0.29, 0.717) is 5.56 Å². The number of nitro groups is 1. The van der Waals surface area contributed by atoms with Gasteiger partial charge in [0.15, 0.2) is 0 Å². The third-order valence-electron chi connectivity index (χ3n) is 1.31. The predicted octanol–water partition coefficient (Wildman–Crippen LogP) is 1.66. The van der Waals surface area contributed by atoms with Gasteiger partial charge in [0.1, 0.15) is 0 Å². The Morgan fingerprint density at radius 3 is 2.83 bits per heavy atom. The van der Waals surface area contributed by atoms with Crippen LogP contribution in [-0.2, 0) is 0 Å². The van der Waals surface area contributed by atoms with E-state index in [1.54, 1.807) is 0 Å².